The lowest BCUT2D eigenvalue weighted by Crippen LogP contribution is -2.31. The van der Waals surface area contributed by atoms with Crippen LogP contribution in [0.4, 0.5) is 29.2 Å². The molecule has 2 aromatic carbocycles. The second kappa shape index (κ2) is 10.3. The molecule has 1 aromatic heterocycles. The Morgan fingerprint density at radius 1 is 0.969 bits per heavy atom. The second-order valence-corrected chi connectivity index (χ2v) is 8.43. The predicted molar refractivity (Wildman–Crippen MR) is 133 cm³/mol. The molecule has 3 aromatic rings. The molecule has 11 heteroatoms. The van der Waals surface area contributed by atoms with Crippen molar-refractivity contribution < 1.29 is 4.92 Å². The van der Waals surface area contributed by atoms with Crippen molar-refractivity contribution in [3.05, 3.63) is 67.8 Å². The number of nitro benzene ring substituents is 1. The van der Waals surface area contributed by atoms with Crippen molar-refractivity contribution in [1.82, 2.24) is 15.0 Å². The molecule has 1 saturated heterocycles. The molecule has 2 N–H and O–H groups in total. The first-order chi connectivity index (χ1) is 15.6. The third-order valence-electron chi connectivity index (χ3n) is 4.84. The van der Waals surface area contributed by atoms with Crippen LogP contribution in [0.25, 0.3) is 0 Å². The lowest BCUT2D eigenvalue weighted by Gasteiger charge is -2.26. The summed E-state index contributed by atoms with van der Waals surface area (Å²) >= 11 is 2.25. The van der Waals surface area contributed by atoms with Gasteiger partial charge in [0.2, 0.25) is 17.8 Å². The molecule has 0 spiro atoms. The van der Waals surface area contributed by atoms with Gasteiger partial charge in [0.05, 0.1) is 11.1 Å². The lowest BCUT2D eigenvalue weighted by molar-refractivity contribution is -0.384. The highest BCUT2D eigenvalue weighted by Crippen LogP contribution is 2.22. The highest BCUT2D eigenvalue weighted by Gasteiger charge is 2.16. The number of non-ortho nitro benzene ring substituents is 1. The largest absolute Gasteiger partial charge is 0.341 e. The molecule has 0 unspecified atom stereocenters. The molecule has 2 heterocycles. The van der Waals surface area contributed by atoms with E-state index in [1.54, 1.807) is 18.3 Å². The summed E-state index contributed by atoms with van der Waals surface area (Å²) in [6.07, 6.45) is 5.07. The number of nitro groups is 1. The standard InChI is InChI=1S/C21H21IN8O2/c22-16-6-4-15(5-7-16)14-23-28-20-25-19(24-17-8-10-18(11-9-17)30(31)32)26-21(27-20)29-12-2-1-3-13-29/h4-11,14H,1-3,12-13H2,(H2,24,25,26,27,28). The van der Waals surface area contributed by atoms with Gasteiger partial charge in [-0.05, 0) is 71.7 Å². The Bertz CT molecular complexity index is 1100. The zero-order valence-electron chi connectivity index (χ0n) is 17.1. The third-order valence-corrected chi connectivity index (χ3v) is 5.56. The number of piperidine rings is 1. The van der Waals surface area contributed by atoms with Crippen molar-refractivity contribution in [2.45, 2.75) is 19.3 Å². The maximum absolute atomic E-state index is 10.9. The number of rotatable bonds is 7. The Kier molecular flexibility index (Phi) is 7.04. The monoisotopic (exact) mass is 544 g/mol. The number of halogens is 1. The molecular formula is C21H21IN8O2. The van der Waals surface area contributed by atoms with Gasteiger partial charge in [0, 0.05) is 34.5 Å². The normalized spacial score (nSPS) is 13.8. The van der Waals surface area contributed by atoms with Crippen LogP contribution in [0.1, 0.15) is 24.8 Å². The fraction of sp³-hybridized carbons (Fsp3) is 0.238. The molecule has 0 aliphatic carbocycles. The van der Waals surface area contributed by atoms with Crippen LogP contribution in [0.5, 0.6) is 0 Å². The van der Waals surface area contributed by atoms with Crippen LogP contribution < -0.4 is 15.6 Å². The molecule has 0 atom stereocenters. The number of nitrogens with zero attached hydrogens (tertiary/aromatic N) is 6. The number of hydrogen-bond acceptors (Lipinski definition) is 9. The van der Waals surface area contributed by atoms with Crippen LogP contribution in [-0.2, 0) is 0 Å². The van der Waals surface area contributed by atoms with E-state index in [1.165, 1.54) is 18.6 Å². The van der Waals surface area contributed by atoms with E-state index >= 15 is 0 Å². The van der Waals surface area contributed by atoms with Crippen LogP contribution in [0, 0.1) is 13.7 Å². The van der Waals surface area contributed by atoms with Crippen molar-refractivity contribution in [3.8, 4) is 0 Å². The van der Waals surface area contributed by atoms with Crippen molar-refractivity contribution in [1.29, 1.82) is 0 Å². The summed E-state index contributed by atoms with van der Waals surface area (Å²) in [7, 11) is 0. The summed E-state index contributed by atoms with van der Waals surface area (Å²) in [6, 6.07) is 14.0. The zero-order valence-corrected chi connectivity index (χ0v) is 19.3. The van der Waals surface area contributed by atoms with Gasteiger partial charge in [-0.1, -0.05) is 12.1 Å². The first-order valence-corrected chi connectivity index (χ1v) is 11.2. The summed E-state index contributed by atoms with van der Waals surface area (Å²) in [4.78, 5) is 26.1. The van der Waals surface area contributed by atoms with E-state index in [0.29, 0.717) is 23.5 Å². The van der Waals surface area contributed by atoms with E-state index in [-0.39, 0.29) is 5.69 Å². The summed E-state index contributed by atoms with van der Waals surface area (Å²) in [6.45, 7) is 1.76. The number of benzene rings is 2. The number of nitrogens with one attached hydrogen (secondary N) is 2. The minimum absolute atomic E-state index is 0.0208. The quantitative estimate of drug-likeness (QED) is 0.192. The van der Waals surface area contributed by atoms with Crippen molar-refractivity contribution in [3.63, 3.8) is 0 Å². The van der Waals surface area contributed by atoms with Gasteiger partial charge >= 0.3 is 0 Å². The average Bonchev–Trinajstić information content (AvgIpc) is 2.81. The molecule has 0 amide bonds. The minimum atomic E-state index is -0.436. The first kappa shape index (κ1) is 21.9. The van der Waals surface area contributed by atoms with Gasteiger partial charge in [-0.15, -0.1) is 0 Å². The fourth-order valence-electron chi connectivity index (χ4n) is 3.21. The number of hydrogen-bond donors (Lipinski definition) is 2. The SMILES string of the molecule is O=[N+]([O-])c1ccc(Nc2nc(NN=Cc3ccc(I)cc3)nc(N3CCCCC3)n2)cc1. The van der Waals surface area contributed by atoms with Gasteiger partial charge in [-0.25, -0.2) is 5.43 Å². The zero-order chi connectivity index (χ0) is 22.3. The highest BCUT2D eigenvalue weighted by molar-refractivity contribution is 14.1. The molecule has 1 aliphatic heterocycles. The number of aromatic nitrogens is 3. The summed E-state index contributed by atoms with van der Waals surface area (Å²) < 4.78 is 1.15. The predicted octanol–water partition coefficient (Wildman–Crippen LogP) is 4.56. The smallest absolute Gasteiger partial charge is 0.269 e. The fourth-order valence-corrected chi connectivity index (χ4v) is 3.57. The molecule has 10 nitrogen and oxygen atoms in total. The highest BCUT2D eigenvalue weighted by atomic mass is 127. The van der Waals surface area contributed by atoms with E-state index < -0.39 is 4.92 Å². The van der Waals surface area contributed by atoms with Crippen molar-refractivity contribution >= 4 is 58.0 Å². The second-order valence-electron chi connectivity index (χ2n) is 7.18. The Labute approximate surface area is 198 Å². The van der Waals surface area contributed by atoms with E-state index in [1.807, 2.05) is 24.3 Å². The maximum atomic E-state index is 10.9. The van der Waals surface area contributed by atoms with E-state index in [2.05, 4.69) is 58.3 Å². The van der Waals surface area contributed by atoms with Crippen LogP contribution in [0.15, 0.2) is 53.6 Å². The van der Waals surface area contributed by atoms with Gasteiger partial charge in [-0.3, -0.25) is 10.1 Å². The molecule has 0 saturated carbocycles. The molecule has 0 bridgehead atoms. The molecular weight excluding hydrogens is 523 g/mol. The third kappa shape index (κ3) is 5.87. The Morgan fingerprint density at radius 2 is 1.66 bits per heavy atom. The molecule has 4 rings (SSSR count). The van der Waals surface area contributed by atoms with E-state index in [0.717, 1.165) is 35.1 Å². The Balaban J connectivity index is 1.55. The van der Waals surface area contributed by atoms with E-state index in [4.69, 9.17) is 0 Å². The Hall–Kier alpha value is -3.35. The van der Waals surface area contributed by atoms with Gasteiger partial charge in [0.1, 0.15) is 0 Å². The molecule has 32 heavy (non-hydrogen) atoms. The van der Waals surface area contributed by atoms with Gasteiger partial charge in [-0.2, -0.15) is 20.1 Å². The van der Waals surface area contributed by atoms with Crippen molar-refractivity contribution in [2.75, 3.05) is 28.7 Å². The van der Waals surface area contributed by atoms with Gasteiger partial charge < -0.3 is 10.2 Å². The molecule has 0 radical (unpaired) electrons. The number of anilines is 4. The molecule has 1 aliphatic rings. The molecule has 164 valence electrons. The summed E-state index contributed by atoms with van der Waals surface area (Å²) in [5.74, 6) is 1.21. The first-order valence-electron chi connectivity index (χ1n) is 10.1. The molecule has 1 fully saturated rings. The maximum Gasteiger partial charge on any atom is 0.269 e. The van der Waals surface area contributed by atoms with Crippen molar-refractivity contribution in [2.24, 2.45) is 5.10 Å². The summed E-state index contributed by atoms with van der Waals surface area (Å²) in [5.41, 5.74) is 4.50. The topological polar surface area (TPSA) is 121 Å². The van der Waals surface area contributed by atoms with Crippen LogP contribution in [-0.4, -0.2) is 39.2 Å². The minimum Gasteiger partial charge on any atom is -0.341 e. The van der Waals surface area contributed by atoms with Crippen LogP contribution in [0.2, 0.25) is 0 Å². The number of hydrazone groups is 1. The van der Waals surface area contributed by atoms with E-state index in [9.17, 15) is 10.1 Å². The van der Waals surface area contributed by atoms with Crippen LogP contribution >= 0.6 is 22.6 Å². The van der Waals surface area contributed by atoms with Crippen LogP contribution in [0.3, 0.4) is 0 Å². The summed E-state index contributed by atoms with van der Waals surface area (Å²) in [5, 5.41) is 18.2. The lowest BCUT2D eigenvalue weighted by atomic mass is 10.1. The van der Waals surface area contributed by atoms with Gasteiger partial charge in [0.15, 0.2) is 0 Å². The van der Waals surface area contributed by atoms with Gasteiger partial charge in [0.25, 0.3) is 5.69 Å². The average molecular weight is 544 g/mol. The Morgan fingerprint density at radius 3 is 2.34 bits per heavy atom.